The van der Waals surface area contributed by atoms with Gasteiger partial charge in [0.1, 0.15) is 6.42 Å². The minimum absolute atomic E-state index is 0.0391. The Kier molecular flexibility index (Phi) is 4.93. The fourth-order valence-electron chi connectivity index (χ4n) is 1.97. The summed E-state index contributed by atoms with van der Waals surface area (Å²) in [6.45, 7) is 0. The molecular formula is C10H15F3O2P+. The van der Waals surface area contributed by atoms with Crippen LogP contribution in [0.3, 0.4) is 0 Å². The van der Waals surface area contributed by atoms with Crippen molar-refractivity contribution in [1.29, 1.82) is 0 Å². The Morgan fingerprint density at radius 2 is 1.88 bits per heavy atom. The molecule has 1 aliphatic rings. The maximum Gasteiger partial charge on any atom is 0.541 e. The van der Waals surface area contributed by atoms with Gasteiger partial charge in [0.25, 0.3) is 0 Å². The van der Waals surface area contributed by atoms with Crippen LogP contribution < -0.4 is 0 Å². The van der Waals surface area contributed by atoms with Crippen LogP contribution >= 0.6 is 8.03 Å². The molecule has 0 saturated heterocycles. The lowest BCUT2D eigenvalue weighted by Crippen LogP contribution is -2.09. The summed E-state index contributed by atoms with van der Waals surface area (Å²) in [7, 11) is -2.86. The SMILES string of the molecule is O=[P+](O)C(=CC1CCCCC1)CC(F)(F)F. The van der Waals surface area contributed by atoms with Crippen molar-refractivity contribution >= 4 is 8.03 Å². The van der Waals surface area contributed by atoms with E-state index < -0.39 is 20.6 Å². The molecule has 1 fully saturated rings. The molecular weight excluding hydrogens is 240 g/mol. The maximum atomic E-state index is 12.1. The molecule has 92 valence electrons. The molecule has 0 aliphatic heterocycles. The fourth-order valence-corrected chi connectivity index (χ4v) is 2.62. The van der Waals surface area contributed by atoms with E-state index in [0.717, 1.165) is 32.1 Å². The summed E-state index contributed by atoms with van der Waals surface area (Å²) in [6.07, 6.45) is 0.416. The normalized spacial score (nSPS) is 21.0. The first-order chi connectivity index (χ1) is 7.38. The topological polar surface area (TPSA) is 37.3 Å². The van der Waals surface area contributed by atoms with Crippen LogP contribution in [-0.2, 0) is 4.57 Å². The van der Waals surface area contributed by atoms with E-state index in [2.05, 4.69) is 0 Å². The summed E-state index contributed by atoms with van der Waals surface area (Å²) in [4.78, 5) is 8.85. The van der Waals surface area contributed by atoms with Gasteiger partial charge in [-0.1, -0.05) is 19.3 Å². The van der Waals surface area contributed by atoms with Crippen molar-refractivity contribution < 1.29 is 22.6 Å². The van der Waals surface area contributed by atoms with Gasteiger partial charge in [-0.3, -0.25) is 0 Å². The summed E-state index contributed by atoms with van der Waals surface area (Å²) < 4.78 is 47.3. The van der Waals surface area contributed by atoms with Crippen LogP contribution in [0.1, 0.15) is 38.5 Å². The Hall–Kier alpha value is -0.410. The molecule has 1 unspecified atom stereocenters. The zero-order chi connectivity index (χ0) is 12.2. The van der Waals surface area contributed by atoms with Gasteiger partial charge >= 0.3 is 14.2 Å². The lowest BCUT2D eigenvalue weighted by molar-refractivity contribution is -0.126. The monoisotopic (exact) mass is 255 g/mol. The van der Waals surface area contributed by atoms with Gasteiger partial charge in [0.15, 0.2) is 0 Å². The molecule has 1 saturated carbocycles. The van der Waals surface area contributed by atoms with E-state index in [-0.39, 0.29) is 11.2 Å². The number of alkyl halides is 3. The second kappa shape index (κ2) is 5.78. The van der Waals surface area contributed by atoms with Crippen molar-refractivity contribution in [2.75, 3.05) is 0 Å². The van der Waals surface area contributed by atoms with Crippen LogP contribution in [0.25, 0.3) is 0 Å². The summed E-state index contributed by atoms with van der Waals surface area (Å²) >= 11 is 0. The second-order valence-corrected chi connectivity index (χ2v) is 5.24. The second-order valence-electron chi connectivity index (χ2n) is 4.12. The molecule has 0 heterocycles. The van der Waals surface area contributed by atoms with Crippen LogP contribution in [0, 0.1) is 5.92 Å². The molecule has 1 aliphatic carbocycles. The predicted molar refractivity (Wildman–Crippen MR) is 55.2 cm³/mol. The van der Waals surface area contributed by atoms with Crippen LogP contribution in [0.5, 0.6) is 0 Å². The van der Waals surface area contributed by atoms with E-state index >= 15 is 0 Å². The molecule has 0 radical (unpaired) electrons. The van der Waals surface area contributed by atoms with E-state index in [1.165, 1.54) is 6.08 Å². The molecule has 0 aromatic heterocycles. The van der Waals surface area contributed by atoms with E-state index in [0.29, 0.717) is 0 Å². The van der Waals surface area contributed by atoms with Crippen LogP contribution in [0.4, 0.5) is 13.2 Å². The summed E-state index contributed by atoms with van der Waals surface area (Å²) in [5.41, 5.74) is 0. The van der Waals surface area contributed by atoms with Crippen molar-refractivity contribution in [2.45, 2.75) is 44.7 Å². The van der Waals surface area contributed by atoms with E-state index in [1.54, 1.807) is 0 Å². The van der Waals surface area contributed by atoms with Gasteiger partial charge in [-0.15, -0.1) is 0 Å². The highest BCUT2D eigenvalue weighted by Gasteiger charge is 2.37. The Bertz CT molecular complexity index is 280. The highest BCUT2D eigenvalue weighted by Crippen LogP contribution is 2.39. The standard InChI is InChI=1S/C10H14F3O2P/c11-10(12,13)7-9(16(14)15)6-8-4-2-1-3-5-8/h6,8H,1-5,7H2/p+1. The van der Waals surface area contributed by atoms with Crippen LogP contribution in [0.15, 0.2) is 11.4 Å². The lowest BCUT2D eigenvalue weighted by atomic mass is 9.89. The van der Waals surface area contributed by atoms with Gasteiger partial charge in [-0.2, -0.15) is 18.1 Å². The lowest BCUT2D eigenvalue weighted by Gasteiger charge is -2.17. The molecule has 0 bridgehead atoms. The Morgan fingerprint density at radius 1 is 1.31 bits per heavy atom. The minimum Gasteiger partial charge on any atom is -0.171 e. The third kappa shape index (κ3) is 5.08. The molecule has 16 heavy (non-hydrogen) atoms. The largest absolute Gasteiger partial charge is 0.541 e. The molecule has 1 N–H and O–H groups in total. The van der Waals surface area contributed by atoms with Crippen LogP contribution in [-0.4, -0.2) is 11.1 Å². The molecule has 1 rings (SSSR count). The molecule has 0 amide bonds. The van der Waals surface area contributed by atoms with Crippen molar-refractivity contribution in [3.8, 4) is 0 Å². The first-order valence-electron chi connectivity index (χ1n) is 5.32. The van der Waals surface area contributed by atoms with Crippen molar-refractivity contribution in [3.63, 3.8) is 0 Å². The molecule has 1 atom stereocenters. The Labute approximate surface area is 93.4 Å². The van der Waals surface area contributed by atoms with Crippen molar-refractivity contribution in [2.24, 2.45) is 5.92 Å². The van der Waals surface area contributed by atoms with E-state index in [4.69, 9.17) is 4.89 Å². The zero-order valence-electron chi connectivity index (χ0n) is 8.83. The molecule has 0 aromatic rings. The number of halogens is 3. The predicted octanol–water partition coefficient (Wildman–Crippen LogP) is 4.14. The molecule has 0 spiro atoms. The number of rotatable bonds is 3. The van der Waals surface area contributed by atoms with Gasteiger partial charge in [0.05, 0.1) is 0 Å². The number of allylic oxidation sites excluding steroid dienone is 2. The first kappa shape index (κ1) is 13.7. The van der Waals surface area contributed by atoms with Crippen molar-refractivity contribution in [1.82, 2.24) is 0 Å². The highest BCUT2D eigenvalue weighted by atomic mass is 31.1. The highest BCUT2D eigenvalue weighted by molar-refractivity contribution is 7.43. The third-order valence-corrected chi connectivity index (χ3v) is 3.50. The van der Waals surface area contributed by atoms with E-state index in [1.807, 2.05) is 0 Å². The average molecular weight is 255 g/mol. The van der Waals surface area contributed by atoms with E-state index in [9.17, 15) is 17.7 Å². The Balaban J connectivity index is 2.68. The van der Waals surface area contributed by atoms with Gasteiger partial charge in [-0.05, 0) is 29.4 Å². The van der Waals surface area contributed by atoms with Gasteiger partial charge in [0, 0.05) is 0 Å². The fraction of sp³-hybridized carbons (Fsp3) is 0.800. The molecule has 0 aromatic carbocycles. The molecule has 6 heteroatoms. The maximum absolute atomic E-state index is 12.1. The molecule has 2 nitrogen and oxygen atoms in total. The third-order valence-electron chi connectivity index (χ3n) is 2.71. The minimum atomic E-state index is -4.41. The summed E-state index contributed by atoms with van der Waals surface area (Å²) in [6, 6.07) is 0. The van der Waals surface area contributed by atoms with Crippen molar-refractivity contribution in [3.05, 3.63) is 11.4 Å². The number of hydrogen-bond donors (Lipinski definition) is 1. The number of hydrogen-bond acceptors (Lipinski definition) is 1. The Morgan fingerprint density at radius 3 is 2.31 bits per heavy atom. The summed E-state index contributed by atoms with van der Waals surface area (Å²) in [5, 5.41) is -0.366. The average Bonchev–Trinajstić information content (AvgIpc) is 2.16. The quantitative estimate of drug-likeness (QED) is 0.769. The zero-order valence-corrected chi connectivity index (χ0v) is 9.73. The summed E-state index contributed by atoms with van der Waals surface area (Å²) in [5.74, 6) is 0.0391. The van der Waals surface area contributed by atoms with Gasteiger partial charge < -0.3 is 0 Å². The smallest absolute Gasteiger partial charge is 0.171 e. The first-order valence-corrected chi connectivity index (χ1v) is 6.53. The van der Waals surface area contributed by atoms with Gasteiger partial charge in [0.2, 0.25) is 5.31 Å². The van der Waals surface area contributed by atoms with Crippen LogP contribution in [0.2, 0.25) is 0 Å². The van der Waals surface area contributed by atoms with Gasteiger partial charge in [-0.25, -0.2) is 0 Å².